The average molecular weight is 397 g/mol. The first-order valence-electron chi connectivity index (χ1n) is 9.15. The van der Waals surface area contributed by atoms with Crippen LogP contribution in [0.15, 0.2) is 73.2 Å². The Labute approximate surface area is 170 Å². The van der Waals surface area contributed by atoms with Gasteiger partial charge in [-0.1, -0.05) is 18.2 Å². The van der Waals surface area contributed by atoms with Gasteiger partial charge in [-0.25, -0.2) is 0 Å². The highest BCUT2D eigenvalue weighted by molar-refractivity contribution is 5.22. The van der Waals surface area contributed by atoms with E-state index in [1.165, 1.54) is 0 Å². The normalized spacial score (nSPS) is 15.6. The third kappa shape index (κ3) is 5.21. The molecule has 0 aliphatic carbocycles. The molecule has 0 amide bonds. The number of nitrogens with zero attached hydrogens (tertiary/aromatic N) is 3. The molecule has 0 fully saturated rings. The van der Waals surface area contributed by atoms with Gasteiger partial charge in [0.05, 0.1) is 17.1 Å². The largest absolute Gasteiger partial charge is 0.412 e. The molecule has 2 atom stereocenters. The van der Waals surface area contributed by atoms with Crippen LogP contribution < -0.4 is 0 Å². The van der Waals surface area contributed by atoms with Gasteiger partial charge in [0.2, 0.25) is 0 Å². The van der Waals surface area contributed by atoms with Crippen LogP contribution >= 0.6 is 0 Å². The Kier molecular flexibility index (Phi) is 6.81. The highest BCUT2D eigenvalue weighted by Crippen LogP contribution is 2.42. The van der Waals surface area contributed by atoms with Gasteiger partial charge in [-0.3, -0.25) is 15.0 Å². The van der Waals surface area contributed by atoms with Crippen molar-refractivity contribution in [3.63, 3.8) is 0 Å². The molecule has 0 saturated heterocycles. The van der Waals surface area contributed by atoms with Gasteiger partial charge in [-0.2, -0.15) is 0 Å². The monoisotopic (exact) mass is 397 g/mol. The van der Waals surface area contributed by atoms with Crippen LogP contribution in [0.4, 0.5) is 0 Å². The van der Waals surface area contributed by atoms with Crippen LogP contribution in [0.25, 0.3) is 0 Å². The van der Waals surface area contributed by atoms with Gasteiger partial charge in [-0.15, -0.1) is 0 Å². The Balaban J connectivity index is 0.00000300. The molecule has 3 aromatic rings. The summed E-state index contributed by atoms with van der Waals surface area (Å²) >= 11 is 0. The average Bonchev–Trinajstić information content (AvgIpc) is 2.69. The number of aliphatic hydroxyl groups is 3. The minimum absolute atomic E-state index is 0. The Hall–Kier alpha value is -2.71. The van der Waals surface area contributed by atoms with E-state index in [0.717, 1.165) is 0 Å². The van der Waals surface area contributed by atoms with Crippen molar-refractivity contribution in [2.75, 3.05) is 0 Å². The predicted molar refractivity (Wildman–Crippen MR) is 109 cm³/mol. The van der Waals surface area contributed by atoms with Crippen molar-refractivity contribution in [3.05, 3.63) is 90.3 Å². The zero-order chi connectivity index (χ0) is 20.3. The number of pyridine rings is 3. The van der Waals surface area contributed by atoms with Gasteiger partial charge in [0.25, 0.3) is 0 Å². The van der Waals surface area contributed by atoms with Crippen molar-refractivity contribution in [2.24, 2.45) is 0 Å². The van der Waals surface area contributed by atoms with Gasteiger partial charge in [-0.05, 0) is 50.2 Å². The summed E-state index contributed by atoms with van der Waals surface area (Å²) in [6, 6.07) is 15.7. The molecule has 0 radical (unpaired) electrons. The summed E-state index contributed by atoms with van der Waals surface area (Å²) in [6.45, 7) is 3.19. The SMILES string of the molecule is C[C@@](O)(CC(O)(C[C@@](C)(O)c1ccccn1)c1ccccn1)c1ccccn1.O. The van der Waals surface area contributed by atoms with Crippen molar-refractivity contribution in [1.29, 1.82) is 0 Å². The fraction of sp³-hybridized carbons (Fsp3) is 0.318. The number of rotatable bonds is 7. The molecule has 0 aromatic carbocycles. The number of aromatic nitrogens is 3. The second-order valence-electron chi connectivity index (χ2n) is 7.58. The minimum Gasteiger partial charge on any atom is -0.412 e. The van der Waals surface area contributed by atoms with Crippen molar-refractivity contribution in [2.45, 2.75) is 43.5 Å². The van der Waals surface area contributed by atoms with Gasteiger partial charge in [0.15, 0.2) is 0 Å². The maximum absolute atomic E-state index is 11.6. The second-order valence-corrected chi connectivity index (χ2v) is 7.58. The molecule has 0 aliphatic rings. The quantitative estimate of drug-likeness (QED) is 0.557. The molecular weight excluding hydrogens is 370 g/mol. The number of hydrogen-bond acceptors (Lipinski definition) is 6. The molecule has 0 bridgehead atoms. The molecule has 0 spiro atoms. The van der Waals surface area contributed by atoms with E-state index in [9.17, 15) is 15.3 Å². The predicted octanol–water partition coefficient (Wildman–Crippen LogP) is 1.83. The van der Waals surface area contributed by atoms with Crippen molar-refractivity contribution < 1.29 is 20.8 Å². The molecule has 0 saturated carbocycles. The zero-order valence-corrected chi connectivity index (χ0v) is 16.5. The second kappa shape index (κ2) is 8.75. The smallest absolute Gasteiger partial charge is 0.113 e. The lowest BCUT2D eigenvalue weighted by Crippen LogP contribution is -2.42. The summed E-state index contributed by atoms with van der Waals surface area (Å²) in [7, 11) is 0. The molecule has 7 nitrogen and oxygen atoms in total. The van der Waals surface area contributed by atoms with Crippen LogP contribution in [0.2, 0.25) is 0 Å². The molecule has 7 heteroatoms. The fourth-order valence-electron chi connectivity index (χ4n) is 3.56. The summed E-state index contributed by atoms with van der Waals surface area (Å²) in [5.74, 6) is 0. The topological polar surface area (TPSA) is 131 Å². The third-order valence-corrected chi connectivity index (χ3v) is 4.85. The van der Waals surface area contributed by atoms with E-state index in [0.29, 0.717) is 17.1 Å². The van der Waals surface area contributed by atoms with Crippen LogP contribution in [-0.2, 0) is 16.8 Å². The summed E-state index contributed by atoms with van der Waals surface area (Å²) in [5.41, 5.74) is -3.27. The highest BCUT2D eigenvalue weighted by atomic mass is 16.3. The summed E-state index contributed by atoms with van der Waals surface area (Å²) in [5, 5.41) is 33.8. The molecule has 5 N–H and O–H groups in total. The molecule has 3 rings (SSSR count). The summed E-state index contributed by atoms with van der Waals surface area (Å²) in [4.78, 5) is 12.7. The minimum atomic E-state index is -1.62. The third-order valence-electron chi connectivity index (χ3n) is 4.85. The maximum atomic E-state index is 11.6. The Morgan fingerprint density at radius 2 is 0.966 bits per heavy atom. The number of hydrogen-bond donors (Lipinski definition) is 3. The maximum Gasteiger partial charge on any atom is 0.113 e. The Morgan fingerprint density at radius 1 is 0.621 bits per heavy atom. The van der Waals surface area contributed by atoms with Gasteiger partial charge in [0.1, 0.15) is 16.8 Å². The van der Waals surface area contributed by atoms with Crippen LogP contribution in [0.1, 0.15) is 43.8 Å². The van der Waals surface area contributed by atoms with E-state index in [4.69, 9.17) is 0 Å². The molecule has 0 unspecified atom stereocenters. The first kappa shape index (κ1) is 22.6. The van der Waals surface area contributed by atoms with Gasteiger partial charge in [0, 0.05) is 31.4 Å². The van der Waals surface area contributed by atoms with E-state index in [1.807, 2.05) is 0 Å². The van der Waals surface area contributed by atoms with Gasteiger partial charge >= 0.3 is 0 Å². The fourth-order valence-corrected chi connectivity index (χ4v) is 3.56. The van der Waals surface area contributed by atoms with E-state index < -0.39 is 16.8 Å². The lowest BCUT2D eigenvalue weighted by molar-refractivity contribution is -0.113. The zero-order valence-electron chi connectivity index (χ0n) is 16.5. The van der Waals surface area contributed by atoms with Crippen molar-refractivity contribution in [3.8, 4) is 0 Å². The van der Waals surface area contributed by atoms with Gasteiger partial charge < -0.3 is 20.8 Å². The van der Waals surface area contributed by atoms with Crippen LogP contribution in [0.3, 0.4) is 0 Å². The van der Waals surface area contributed by atoms with Crippen LogP contribution in [0.5, 0.6) is 0 Å². The molecular formula is C22H27N3O4. The molecule has 0 aliphatic heterocycles. The first-order valence-corrected chi connectivity index (χ1v) is 9.15. The van der Waals surface area contributed by atoms with E-state index in [2.05, 4.69) is 15.0 Å². The van der Waals surface area contributed by atoms with E-state index in [1.54, 1.807) is 87.0 Å². The molecule has 29 heavy (non-hydrogen) atoms. The molecule has 3 heterocycles. The van der Waals surface area contributed by atoms with Crippen LogP contribution in [-0.4, -0.2) is 35.7 Å². The van der Waals surface area contributed by atoms with Crippen molar-refractivity contribution >= 4 is 0 Å². The lowest BCUT2D eigenvalue weighted by atomic mass is 9.76. The summed E-state index contributed by atoms with van der Waals surface area (Å²) < 4.78 is 0. The van der Waals surface area contributed by atoms with E-state index >= 15 is 0 Å². The molecule has 154 valence electrons. The van der Waals surface area contributed by atoms with Crippen LogP contribution in [0, 0.1) is 0 Å². The Morgan fingerprint density at radius 3 is 1.28 bits per heavy atom. The summed E-state index contributed by atoms with van der Waals surface area (Å²) in [6.07, 6.45) is 4.56. The molecule has 3 aromatic heterocycles. The van der Waals surface area contributed by atoms with Crippen molar-refractivity contribution in [1.82, 2.24) is 15.0 Å². The lowest BCUT2D eigenvalue weighted by Gasteiger charge is -2.39. The highest BCUT2D eigenvalue weighted by Gasteiger charge is 2.45. The standard InChI is InChI=1S/C22H25N3O3.H2O/c1-20(26,17-9-3-6-12-23-17)15-22(28,19-11-5-8-14-25-19)16-21(2,27)18-10-4-7-13-24-18;/h3-14,26-28H,15-16H2,1-2H3;1H2/t20-,21-;/m1./s1. The first-order chi connectivity index (χ1) is 13.2. The Bertz CT molecular complexity index is 834. The van der Waals surface area contributed by atoms with E-state index in [-0.39, 0.29) is 18.3 Å².